The largest absolute Gasteiger partial charge is 0.367 e. The van der Waals surface area contributed by atoms with Gasteiger partial charge < -0.3 is 9.47 Å². The van der Waals surface area contributed by atoms with E-state index in [0.29, 0.717) is 5.15 Å². The highest BCUT2D eigenvalue weighted by Gasteiger charge is 2.21. The third kappa shape index (κ3) is 3.57. The quantitative estimate of drug-likeness (QED) is 0.652. The van der Waals surface area contributed by atoms with Gasteiger partial charge in [-0.25, -0.2) is 4.98 Å². The van der Waals surface area contributed by atoms with Gasteiger partial charge in [-0.3, -0.25) is 9.69 Å². The molecule has 1 aliphatic heterocycles. The topological polar surface area (TPSA) is 41.4 Å². The molecule has 5 nitrogen and oxygen atoms in total. The molecule has 2 aromatic heterocycles. The highest BCUT2D eigenvalue weighted by Crippen LogP contribution is 2.26. The molecule has 0 bridgehead atoms. The lowest BCUT2D eigenvalue weighted by Gasteiger charge is -2.36. The Hall–Kier alpha value is -2.37. The predicted octanol–water partition coefficient (Wildman–Crippen LogP) is 3.22. The third-order valence-corrected chi connectivity index (χ3v) is 5.61. The molecular formula is C21H23ClN4O. The monoisotopic (exact) mass is 382 g/mol. The summed E-state index contributed by atoms with van der Waals surface area (Å²) >= 11 is 6.12. The van der Waals surface area contributed by atoms with E-state index in [-0.39, 0.29) is 5.56 Å². The Morgan fingerprint density at radius 2 is 1.81 bits per heavy atom. The zero-order valence-corrected chi connectivity index (χ0v) is 16.4. The van der Waals surface area contributed by atoms with Gasteiger partial charge in [0, 0.05) is 45.8 Å². The van der Waals surface area contributed by atoms with Crippen molar-refractivity contribution in [2.75, 3.05) is 31.1 Å². The van der Waals surface area contributed by atoms with Crippen molar-refractivity contribution in [1.29, 1.82) is 0 Å². The van der Waals surface area contributed by atoms with E-state index >= 15 is 0 Å². The van der Waals surface area contributed by atoms with Crippen LogP contribution in [-0.2, 0) is 13.6 Å². The van der Waals surface area contributed by atoms with Crippen molar-refractivity contribution in [2.24, 2.45) is 7.05 Å². The molecule has 0 amide bonds. The van der Waals surface area contributed by atoms with Gasteiger partial charge in [-0.1, -0.05) is 35.9 Å². The van der Waals surface area contributed by atoms with Crippen molar-refractivity contribution < 1.29 is 0 Å². The Morgan fingerprint density at radius 3 is 2.56 bits per heavy atom. The van der Waals surface area contributed by atoms with E-state index in [1.807, 2.05) is 6.07 Å². The zero-order chi connectivity index (χ0) is 19.0. The van der Waals surface area contributed by atoms with Gasteiger partial charge in [-0.05, 0) is 30.2 Å². The lowest BCUT2D eigenvalue weighted by molar-refractivity contribution is 0.249. The second-order valence-corrected chi connectivity index (χ2v) is 7.51. The number of aryl methyl sites for hydroxylation is 2. The molecule has 1 aliphatic rings. The summed E-state index contributed by atoms with van der Waals surface area (Å²) in [5.41, 5.74) is 5.16. The molecule has 0 N–H and O–H groups in total. The number of hydrogen-bond acceptors (Lipinski definition) is 4. The normalized spacial score (nSPS) is 15.4. The Labute approximate surface area is 163 Å². The van der Waals surface area contributed by atoms with Crippen LogP contribution in [0.15, 0.2) is 47.3 Å². The lowest BCUT2D eigenvalue weighted by Crippen LogP contribution is -2.46. The van der Waals surface area contributed by atoms with Crippen LogP contribution in [0.25, 0.3) is 11.0 Å². The molecule has 1 fully saturated rings. The first-order chi connectivity index (χ1) is 13.0. The number of piperazine rings is 1. The molecule has 0 radical (unpaired) electrons. The Kier molecular flexibility index (Phi) is 4.89. The standard InChI is InChI=1S/C21H23ClN4O/c1-15-5-3-4-6-16(15)14-25-9-11-26(12-10-25)18-13-20(27)24(2)17-7-8-19(22)23-21(17)18/h3-8,13H,9-12,14H2,1-2H3. The first kappa shape index (κ1) is 18.0. The minimum Gasteiger partial charge on any atom is -0.367 e. The first-order valence-electron chi connectivity index (χ1n) is 9.21. The smallest absolute Gasteiger partial charge is 0.252 e. The summed E-state index contributed by atoms with van der Waals surface area (Å²) in [6.45, 7) is 6.75. The second kappa shape index (κ2) is 7.33. The van der Waals surface area contributed by atoms with Crippen LogP contribution >= 0.6 is 11.6 Å². The fourth-order valence-electron chi connectivity index (χ4n) is 3.70. The number of nitrogens with zero attached hydrogens (tertiary/aromatic N) is 4. The Morgan fingerprint density at radius 1 is 1.07 bits per heavy atom. The van der Waals surface area contributed by atoms with Crippen molar-refractivity contribution in [1.82, 2.24) is 14.5 Å². The molecule has 1 aromatic carbocycles. The van der Waals surface area contributed by atoms with E-state index in [1.165, 1.54) is 11.1 Å². The highest BCUT2D eigenvalue weighted by atomic mass is 35.5. The van der Waals surface area contributed by atoms with E-state index in [0.717, 1.165) is 49.4 Å². The summed E-state index contributed by atoms with van der Waals surface area (Å²) in [6, 6.07) is 13.8. The summed E-state index contributed by atoms with van der Waals surface area (Å²) in [5, 5.41) is 0.445. The maximum Gasteiger partial charge on any atom is 0.252 e. The van der Waals surface area contributed by atoms with E-state index in [1.54, 1.807) is 23.7 Å². The number of pyridine rings is 2. The molecule has 0 spiro atoms. The number of benzene rings is 1. The maximum absolute atomic E-state index is 12.4. The van der Waals surface area contributed by atoms with Gasteiger partial charge in [0.15, 0.2) is 0 Å². The highest BCUT2D eigenvalue weighted by molar-refractivity contribution is 6.29. The van der Waals surface area contributed by atoms with E-state index < -0.39 is 0 Å². The van der Waals surface area contributed by atoms with E-state index in [9.17, 15) is 4.79 Å². The fourth-order valence-corrected chi connectivity index (χ4v) is 3.85. The van der Waals surface area contributed by atoms with Crippen LogP contribution in [0, 0.1) is 6.92 Å². The Balaban J connectivity index is 1.56. The number of anilines is 1. The van der Waals surface area contributed by atoms with Crippen molar-refractivity contribution in [2.45, 2.75) is 13.5 Å². The van der Waals surface area contributed by atoms with Crippen LogP contribution in [-0.4, -0.2) is 40.6 Å². The summed E-state index contributed by atoms with van der Waals surface area (Å²) in [5.74, 6) is 0. The van der Waals surface area contributed by atoms with Crippen LogP contribution in [0.4, 0.5) is 5.69 Å². The van der Waals surface area contributed by atoms with Gasteiger partial charge in [-0.15, -0.1) is 0 Å². The van der Waals surface area contributed by atoms with Gasteiger partial charge >= 0.3 is 0 Å². The first-order valence-corrected chi connectivity index (χ1v) is 9.59. The molecule has 0 unspecified atom stereocenters. The second-order valence-electron chi connectivity index (χ2n) is 7.12. The van der Waals surface area contributed by atoms with Crippen molar-refractivity contribution in [3.05, 3.63) is 69.1 Å². The van der Waals surface area contributed by atoms with E-state index in [2.05, 4.69) is 46.0 Å². The molecule has 3 aromatic rings. The number of aromatic nitrogens is 2. The molecule has 0 saturated carbocycles. The summed E-state index contributed by atoms with van der Waals surface area (Å²) < 4.78 is 1.62. The summed E-state index contributed by atoms with van der Waals surface area (Å²) in [4.78, 5) is 21.6. The number of halogens is 1. The average molecular weight is 383 g/mol. The molecule has 0 atom stereocenters. The lowest BCUT2D eigenvalue weighted by atomic mass is 10.1. The SMILES string of the molecule is Cc1ccccc1CN1CCN(c2cc(=O)n(C)c3ccc(Cl)nc23)CC1. The van der Waals surface area contributed by atoms with Crippen molar-refractivity contribution in [3.63, 3.8) is 0 Å². The summed E-state index contributed by atoms with van der Waals surface area (Å²) in [6.07, 6.45) is 0. The van der Waals surface area contributed by atoms with Crippen LogP contribution in [0.3, 0.4) is 0 Å². The third-order valence-electron chi connectivity index (χ3n) is 5.40. The molecule has 6 heteroatoms. The van der Waals surface area contributed by atoms with Crippen molar-refractivity contribution >= 4 is 28.3 Å². The van der Waals surface area contributed by atoms with Gasteiger partial charge in [0.1, 0.15) is 10.7 Å². The molecule has 140 valence electrons. The van der Waals surface area contributed by atoms with Crippen LogP contribution in [0.5, 0.6) is 0 Å². The van der Waals surface area contributed by atoms with Gasteiger partial charge in [0.05, 0.1) is 11.2 Å². The van der Waals surface area contributed by atoms with Gasteiger partial charge in [0.2, 0.25) is 0 Å². The average Bonchev–Trinajstić information content (AvgIpc) is 2.67. The molecule has 1 saturated heterocycles. The maximum atomic E-state index is 12.4. The van der Waals surface area contributed by atoms with Crippen LogP contribution in [0.1, 0.15) is 11.1 Å². The van der Waals surface area contributed by atoms with Crippen LogP contribution in [0.2, 0.25) is 5.15 Å². The number of hydrogen-bond donors (Lipinski definition) is 0. The number of rotatable bonds is 3. The minimum atomic E-state index is -0.0241. The van der Waals surface area contributed by atoms with Crippen molar-refractivity contribution in [3.8, 4) is 0 Å². The predicted molar refractivity (Wildman–Crippen MR) is 111 cm³/mol. The Bertz CT molecular complexity index is 1040. The molecule has 4 rings (SSSR count). The minimum absolute atomic E-state index is 0.0241. The van der Waals surface area contributed by atoms with Crippen LogP contribution < -0.4 is 10.5 Å². The van der Waals surface area contributed by atoms with Gasteiger partial charge in [-0.2, -0.15) is 0 Å². The summed E-state index contributed by atoms with van der Waals surface area (Å²) in [7, 11) is 1.77. The zero-order valence-electron chi connectivity index (χ0n) is 15.7. The molecule has 27 heavy (non-hydrogen) atoms. The van der Waals surface area contributed by atoms with E-state index in [4.69, 9.17) is 11.6 Å². The fraction of sp³-hybridized carbons (Fsp3) is 0.333. The molecule has 3 heterocycles. The molecule has 0 aliphatic carbocycles. The molecular weight excluding hydrogens is 360 g/mol. The van der Waals surface area contributed by atoms with Gasteiger partial charge in [0.25, 0.3) is 5.56 Å². The number of fused-ring (bicyclic) bond motifs is 1.